The van der Waals surface area contributed by atoms with Gasteiger partial charge in [0.2, 0.25) is 0 Å². The number of halogens is 3. The molecule has 0 bridgehead atoms. The van der Waals surface area contributed by atoms with Crippen molar-refractivity contribution in [2.75, 3.05) is 0 Å². The monoisotopic (exact) mass is 291 g/mol. The molecule has 1 N–H and O–H groups in total. The third kappa shape index (κ3) is 2.49. The number of hydrogen-bond donors (Lipinski definition) is 1. The predicted molar refractivity (Wildman–Crippen MR) is 70.6 cm³/mol. The molecule has 0 saturated carbocycles. The number of pyridine rings is 1. The van der Waals surface area contributed by atoms with Crippen LogP contribution in [0.1, 0.15) is 5.56 Å². The summed E-state index contributed by atoms with van der Waals surface area (Å²) in [6, 6.07) is 8.51. The number of rotatable bonds is 1. The minimum Gasteiger partial charge on any atom is -0.319 e. The quantitative estimate of drug-likeness (QED) is 0.749. The largest absolute Gasteiger partial charge is 0.419 e. The molecular weight excluding hydrogens is 283 g/mol. The van der Waals surface area contributed by atoms with Crippen molar-refractivity contribution in [3.8, 4) is 11.5 Å². The van der Waals surface area contributed by atoms with Gasteiger partial charge < -0.3 is 4.98 Å². The Kier molecular flexibility index (Phi) is 2.97. The van der Waals surface area contributed by atoms with E-state index in [1.54, 1.807) is 30.3 Å². The van der Waals surface area contributed by atoms with E-state index in [4.69, 9.17) is 0 Å². The summed E-state index contributed by atoms with van der Waals surface area (Å²) < 4.78 is 37.4. The number of alkyl halides is 3. The van der Waals surface area contributed by atoms with E-state index in [-0.39, 0.29) is 17.1 Å². The maximum absolute atomic E-state index is 12.5. The van der Waals surface area contributed by atoms with Crippen LogP contribution in [-0.4, -0.2) is 15.0 Å². The van der Waals surface area contributed by atoms with Gasteiger partial charge in [-0.05, 0) is 17.5 Å². The second-order valence-electron chi connectivity index (χ2n) is 4.39. The number of benzene rings is 1. The van der Waals surface area contributed by atoms with Gasteiger partial charge in [0.25, 0.3) is 5.56 Å². The van der Waals surface area contributed by atoms with Crippen molar-refractivity contribution in [1.29, 1.82) is 0 Å². The Labute approximate surface area is 116 Å². The first-order chi connectivity index (χ1) is 9.95. The highest BCUT2D eigenvalue weighted by molar-refractivity contribution is 5.84. The Morgan fingerprint density at radius 2 is 1.71 bits per heavy atom. The van der Waals surface area contributed by atoms with Crippen molar-refractivity contribution in [1.82, 2.24) is 15.0 Å². The number of H-pyrrole nitrogens is 1. The standard InChI is InChI=1S/C14H8F3N3O/c15-14(16,17)9-6-18-12(19-7-9)11-5-8-3-1-2-4-10(8)13(21)20-11/h1-7H,(H,20,21). The molecule has 0 aliphatic heterocycles. The van der Waals surface area contributed by atoms with Gasteiger partial charge in [-0.15, -0.1) is 0 Å². The molecule has 3 aromatic rings. The van der Waals surface area contributed by atoms with E-state index in [1.165, 1.54) is 0 Å². The average molecular weight is 291 g/mol. The molecule has 3 rings (SSSR count). The van der Waals surface area contributed by atoms with Crippen LogP contribution < -0.4 is 5.56 Å². The molecule has 2 aromatic heterocycles. The molecule has 0 spiro atoms. The van der Waals surface area contributed by atoms with Gasteiger partial charge in [-0.1, -0.05) is 18.2 Å². The van der Waals surface area contributed by atoms with Crippen molar-refractivity contribution in [2.45, 2.75) is 6.18 Å². The van der Waals surface area contributed by atoms with Gasteiger partial charge >= 0.3 is 6.18 Å². The Bertz CT molecular complexity index is 854. The minimum absolute atomic E-state index is 0.0332. The summed E-state index contributed by atoms with van der Waals surface area (Å²) in [5, 5.41) is 1.16. The van der Waals surface area contributed by atoms with Crippen molar-refractivity contribution < 1.29 is 13.2 Å². The number of fused-ring (bicyclic) bond motifs is 1. The van der Waals surface area contributed by atoms with Crippen LogP contribution in [0.3, 0.4) is 0 Å². The summed E-state index contributed by atoms with van der Waals surface area (Å²) in [7, 11) is 0. The molecule has 1 aromatic carbocycles. The summed E-state index contributed by atoms with van der Waals surface area (Å²) in [6.07, 6.45) is -3.11. The van der Waals surface area contributed by atoms with Gasteiger partial charge in [-0.3, -0.25) is 4.79 Å². The van der Waals surface area contributed by atoms with Crippen molar-refractivity contribution in [3.05, 3.63) is 58.6 Å². The van der Waals surface area contributed by atoms with Crippen LogP contribution in [0.5, 0.6) is 0 Å². The second kappa shape index (κ2) is 4.69. The van der Waals surface area contributed by atoms with Gasteiger partial charge in [-0.2, -0.15) is 13.2 Å². The maximum atomic E-state index is 12.5. The van der Waals surface area contributed by atoms with Gasteiger partial charge in [0.1, 0.15) is 0 Å². The number of nitrogens with one attached hydrogen (secondary N) is 1. The fourth-order valence-corrected chi connectivity index (χ4v) is 1.94. The zero-order valence-corrected chi connectivity index (χ0v) is 10.5. The van der Waals surface area contributed by atoms with E-state index < -0.39 is 11.7 Å². The molecule has 0 fully saturated rings. The van der Waals surface area contributed by atoms with E-state index in [0.717, 1.165) is 0 Å². The van der Waals surface area contributed by atoms with E-state index in [0.29, 0.717) is 23.2 Å². The minimum atomic E-state index is -4.49. The van der Waals surface area contributed by atoms with Gasteiger partial charge in [-0.25, -0.2) is 9.97 Å². The molecule has 0 saturated heterocycles. The molecule has 106 valence electrons. The summed E-state index contributed by atoms with van der Waals surface area (Å²) in [4.78, 5) is 21.8. The molecule has 21 heavy (non-hydrogen) atoms. The molecule has 0 aliphatic carbocycles. The van der Waals surface area contributed by atoms with Crippen LogP contribution in [0.2, 0.25) is 0 Å². The summed E-state index contributed by atoms with van der Waals surface area (Å²) in [5.41, 5.74) is -1.01. The molecule has 0 atom stereocenters. The first-order valence-corrected chi connectivity index (χ1v) is 5.97. The Hall–Kier alpha value is -2.70. The smallest absolute Gasteiger partial charge is 0.319 e. The third-order valence-corrected chi connectivity index (χ3v) is 2.97. The van der Waals surface area contributed by atoms with Gasteiger partial charge in [0.15, 0.2) is 5.82 Å². The van der Waals surface area contributed by atoms with Gasteiger partial charge in [0.05, 0.1) is 11.3 Å². The maximum Gasteiger partial charge on any atom is 0.419 e. The fraction of sp³-hybridized carbons (Fsp3) is 0.0714. The third-order valence-electron chi connectivity index (χ3n) is 2.97. The lowest BCUT2D eigenvalue weighted by Crippen LogP contribution is -2.10. The number of nitrogens with zero attached hydrogens (tertiary/aromatic N) is 2. The van der Waals surface area contributed by atoms with E-state index in [2.05, 4.69) is 15.0 Å². The average Bonchev–Trinajstić information content (AvgIpc) is 2.46. The molecule has 2 heterocycles. The molecular formula is C14H8F3N3O. The van der Waals surface area contributed by atoms with Crippen LogP contribution in [0.4, 0.5) is 13.2 Å². The summed E-state index contributed by atoms with van der Waals surface area (Å²) >= 11 is 0. The van der Waals surface area contributed by atoms with Crippen molar-refractivity contribution in [2.24, 2.45) is 0 Å². The number of aromatic nitrogens is 3. The van der Waals surface area contributed by atoms with Crippen LogP contribution in [-0.2, 0) is 6.18 Å². The van der Waals surface area contributed by atoms with Crippen LogP contribution >= 0.6 is 0 Å². The molecule has 0 radical (unpaired) electrons. The normalized spacial score (nSPS) is 11.8. The highest BCUT2D eigenvalue weighted by atomic mass is 19.4. The highest BCUT2D eigenvalue weighted by Crippen LogP contribution is 2.28. The van der Waals surface area contributed by atoms with E-state index in [1.807, 2.05) is 0 Å². The lowest BCUT2D eigenvalue weighted by molar-refractivity contribution is -0.138. The van der Waals surface area contributed by atoms with Crippen LogP contribution in [0.25, 0.3) is 22.3 Å². The van der Waals surface area contributed by atoms with Gasteiger partial charge in [0, 0.05) is 17.8 Å². The fourth-order valence-electron chi connectivity index (χ4n) is 1.94. The molecule has 0 aliphatic rings. The Balaban J connectivity index is 2.10. The van der Waals surface area contributed by atoms with Crippen LogP contribution in [0.15, 0.2) is 47.5 Å². The Morgan fingerprint density at radius 3 is 2.38 bits per heavy atom. The first-order valence-electron chi connectivity index (χ1n) is 5.97. The SMILES string of the molecule is O=c1[nH]c(-c2ncc(C(F)(F)F)cn2)cc2ccccc12. The first kappa shape index (κ1) is 13.3. The Morgan fingerprint density at radius 1 is 1.05 bits per heavy atom. The second-order valence-corrected chi connectivity index (χ2v) is 4.39. The summed E-state index contributed by atoms with van der Waals surface area (Å²) in [5.74, 6) is 0.0332. The summed E-state index contributed by atoms with van der Waals surface area (Å²) in [6.45, 7) is 0. The topological polar surface area (TPSA) is 58.6 Å². The number of hydrogen-bond acceptors (Lipinski definition) is 3. The number of aromatic amines is 1. The molecule has 7 heteroatoms. The molecule has 0 unspecified atom stereocenters. The molecule has 0 amide bonds. The lowest BCUT2D eigenvalue weighted by atomic mass is 10.1. The van der Waals surface area contributed by atoms with Crippen molar-refractivity contribution in [3.63, 3.8) is 0 Å². The zero-order chi connectivity index (χ0) is 15.0. The lowest BCUT2D eigenvalue weighted by Gasteiger charge is -2.06. The zero-order valence-electron chi connectivity index (χ0n) is 10.5. The van der Waals surface area contributed by atoms with E-state index >= 15 is 0 Å². The molecule has 4 nitrogen and oxygen atoms in total. The van der Waals surface area contributed by atoms with E-state index in [9.17, 15) is 18.0 Å². The van der Waals surface area contributed by atoms with Crippen LogP contribution in [0, 0.1) is 0 Å². The highest BCUT2D eigenvalue weighted by Gasteiger charge is 2.31. The van der Waals surface area contributed by atoms with Crippen molar-refractivity contribution >= 4 is 10.8 Å². The predicted octanol–water partition coefficient (Wildman–Crippen LogP) is 3.00.